The zero-order valence-corrected chi connectivity index (χ0v) is 26.3. The number of aliphatic hydroxyl groups excluding tert-OH is 1. The van der Waals surface area contributed by atoms with Crippen LogP contribution in [0.4, 0.5) is 0 Å². The summed E-state index contributed by atoms with van der Waals surface area (Å²) in [5.41, 5.74) is 12.7. The summed E-state index contributed by atoms with van der Waals surface area (Å²) >= 11 is 1.38. The highest BCUT2D eigenvalue weighted by molar-refractivity contribution is 7.98. The molecule has 1 aromatic carbocycles. The Hall–Kier alpha value is -4.94. The molecule has 2 aromatic heterocycles. The number of rotatable bonds is 19. The molecule has 5 atom stereocenters. The van der Waals surface area contributed by atoms with Crippen LogP contribution < -0.4 is 32.7 Å². The minimum Gasteiger partial charge on any atom is -0.480 e. The third kappa shape index (κ3) is 10.8. The Bertz CT molecular complexity index is 1550. The molecule has 3 aromatic rings. The van der Waals surface area contributed by atoms with Crippen LogP contribution in [0.1, 0.15) is 24.1 Å². The van der Waals surface area contributed by atoms with Gasteiger partial charge >= 0.3 is 5.97 Å². The van der Waals surface area contributed by atoms with E-state index in [1.807, 2.05) is 18.2 Å². The number of primary amides is 1. The predicted octanol–water partition coefficient (Wildman–Crippen LogP) is -2.35. The van der Waals surface area contributed by atoms with E-state index in [4.69, 9.17) is 11.5 Å². The molecule has 0 radical (unpaired) electrons. The van der Waals surface area contributed by atoms with Gasteiger partial charge in [-0.25, -0.2) is 9.78 Å². The number of H-pyrrole nitrogens is 2. The Balaban J connectivity index is 1.91. The SMILES string of the molecule is CSCC[C@H](NC(=O)[C@H](Cc1c[nH]c2ccccc12)NC(=O)[C@H](Cc1cnc[nH]1)NC(=O)[C@@H](N)CO)C(=O)N[C@@H](CC(N)=O)C(=O)O. The second kappa shape index (κ2) is 17.7. The lowest BCUT2D eigenvalue weighted by molar-refractivity contribution is -0.143. The first-order valence-corrected chi connectivity index (χ1v) is 15.9. The first-order chi connectivity index (χ1) is 22.4. The van der Waals surface area contributed by atoms with Crippen LogP contribution in [-0.4, -0.2) is 109 Å². The molecule has 0 spiro atoms. The Labute approximate surface area is 273 Å². The molecule has 0 unspecified atom stereocenters. The van der Waals surface area contributed by atoms with E-state index in [-0.39, 0.29) is 19.3 Å². The molecular weight excluding hydrogens is 634 g/mol. The lowest BCUT2D eigenvalue weighted by Gasteiger charge is -2.26. The molecule has 0 saturated heterocycles. The number of benzene rings is 1. The number of nitrogens with two attached hydrogens (primary N) is 2. The van der Waals surface area contributed by atoms with Crippen molar-refractivity contribution in [1.82, 2.24) is 36.2 Å². The number of nitrogens with zero attached hydrogens (tertiary/aromatic N) is 1. The van der Waals surface area contributed by atoms with Gasteiger partial charge in [0, 0.05) is 41.8 Å². The van der Waals surface area contributed by atoms with Crippen LogP contribution in [-0.2, 0) is 41.6 Å². The van der Waals surface area contributed by atoms with Crippen LogP contribution in [0.15, 0.2) is 43.0 Å². The van der Waals surface area contributed by atoms with E-state index in [0.717, 1.165) is 10.9 Å². The minimum absolute atomic E-state index is 0.0429. The average Bonchev–Trinajstić information content (AvgIpc) is 3.71. The number of aromatic amines is 2. The molecular formula is C29H39N9O8S. The number of carboxylic acid groups (broad SMARTS) is 1. The van der Waals surface area contributed by atoms with Gasteiger partial charge in [-0.3, -0.25) is 24.0 Å². The van der Waals surface area contributed by atoms with Crippen molar-refractivity contribution in [2.24, 2.45) is 11.5 Å². The fourth-order valence-corrected chi connectivity index (χ4v) is 5.11. The van der Waals surface area contributed by atoms with E-state index in [9.17, 15) is 39.0 Å². The Morgan fingerprint density at radius 3 is 2.13 bits per heavy atom. The number of aliphatic carboxylic acids is 1. The number of aliphatic hydroxyl groups is 1. The number of carbonyl (C=O) groups excluding carboxylic acids is 5. The highest BCUT2D eigenvalue weighted by Gasteiger charge is 2.33. The molecule has 254 valence electrons. The van der Waals surface area contributed by atoms with E-state index in [1.54, 1.807) is 18.5 Å². The molecule has 0 saturated carbocycles. The molecule has 47 heavy (non-hydrogen) atoms. The van der Waals surface area contributed by atoms with Gasteiger partial charge in [0.2, 0.25) is 29.5 Å². The summed E-state index contributed by atoms with van der Waals surface area (Å²) in [4.78, 5) is 86.2. The van der Waals surface area contributed by atoms with Crippen LogP contribution in [0.3, 0.4) is 0 Å². The number of thioether (sulfide) groups is 1. The van der Waals surface area contributed by atoms with Gasteiger partial charge in [0.15, 0.2) is 0 Å². The Morgan fingerprint density at radius 1 is 0.894 bits per heavy atom. The van der Waals surface area contributed by atoms with Crippen LogP contribution in [0.25, 0.3) is 10.9 Å². The summed E-state index contributed by atoms with van der Waals surface area (Å²) in [6, 6.07) is 0.586. The monoisotopic (exact) mass is 673 g/mol. The zero-order valence-electron chi connectivity index (χ0n) is 25.5. The number of imidazole rings is 1. The van der Waals surface area contributed by atoms with Gasteiger partial charge in [-0.2, -0.15) is 11.8 Å². The van der Waals surface area contributed by atoms with Gasteiger partial charge in [0.1, 0.15) is 30.2 Å². The van der Waals surface area contributed by atoms with Crippen LogP contribution >= 0.6 is 11.8 Å². The zero-order chi connectivity index (χ0) is 34.5. The number of para-hydroxylation sites is 1. The molecule has 5 amide bonds. The first kappa shape index (κ1) is 36.5. The normalized spacial score (nSPS) is 14.3. The van der Waals surface area contributed by atoms with Gasteiger partial charge in [-0.05, 0) is 30.1 Å². The number of carbonyl (C=O) groups is 6. The van der Waals surface area contributed by atoms with Gasteiger partial charge in [0.05, 0.1) is 19.4 Å². The molecule has 18 heteroatoms. The molecule has 3 rings (SSSR count). The maximum absolute atomic E-state index is 13.9. The maximum Gasteiger partial charge on any atom is 0.326 e. The van der Waals surface area contributed by atoms with Crippen LogP contribution in [0.2, 0.25) is 0 Å². The highest BCUT2D eigenvalue weighted by Crippen LogP contribution is 2.19. The number of aromatic nitrogens is 3. The van der Waals surface area contributed by atoms with Gasteiger partial charge in [-0.15, -0.1) is 0 Å². The lowest BCUT2D eigenvalue weighted by Crippen LogP contribution is -2.59. The van der Waals surface area contributed by atoms with Crippen LogP contribution in [0, 0.1) is 0 Å². The van der Waals surface area contributed by atoms with Crippen LogP contribution in [0.5, 0.6) is 0 Å². The summed E-state index contributed by atoms with van der Waals surface area (Å²) in [5, 5.41) is 29.6. The van der Waals surface area contributed by atoms with Crippen molar-refractivity contribution >= 4 is 58.2 Å². The quantitative estimate of drug-likeness (QED) is 0.0643. The smallest absolute Gasteiger partial charge is 0.326 e. The van der Waals surface area contributed by atoms with Crippen molar-refractivity contribution in [2.75, 3.05) is 18.6 Å². The largest absolute Gasteiger partial charge is 0.480 e. The van der Waals surface area contributed by atoms with Crippen molar-refractivity contribution in [2.45, 2.75) is 55.9 Å². The second-order valence-electron chi connectivity index (χ2n) is 10.7. The number of hydrogen-bond acceptors (Lipinski definition) is 10. The molecule has 17 nitrogen and oxygen atoms in total. The first-order valence-electron chi connectivity index (χ1n) is 14.5. The summed E-state index contributed by atoms with van der Waals surface area (Å²) in [7, 11) is 0. The summed E-state index contributed by atoms with van der Waals surface area (Å²) in [6.07, 6.45) is 5.62. The maximum atomic E-state index is 13.9. The van der Waals surface area contributed by atoms with Crippen molar-refractivity contribution in [1.29, 1.82) is 0 Å². The Kier molecular flexibility index (Phi) is 13.7. The average molecular weight is 674 g/mol. The third-order valence-corrected chi connectivity index (χ3v) is 7.78. The van der Waals surface area contributed by atoms with Gasteiger partial charge in [-0.1, -0.05) is 18.2 Å². The van der Waals surface area contributed by atoms with E-state index in [1.165, 1.54) is 24.3 Å². The molecule has 12 N–H and O–H groups in total. The topological polar surface area (TPSA) is 288 Å². The molecule has 2 heterocycles. The minimum atomic E-state index is -1.62. The number of amides is 5. The number of carboxylic acids is 1. The molecule has 0 aliphatic heterocycles. The van der Waals surface area contributed by atoms with E-state index < -0.39 is 78.7 Å². The fraction of sp³-hybridized carbons (Fsp3) is 0.414. The third-order valence-electron chi connectivity index (χ3n) is 7.14. The van der Waals surface area contributed by atoms with Gasteiger partial charge in [0.25, 0.3) is 0 Å². The van der Waals surface area contributed by atoms with Crippen molar-refractivity contribution in [3.63, 3.8) is 0 Å². The van der Waals surface area contributed by atoms with Crippen molar-refractivity contribution in [3.8, 4) is 0 Å². The Morgan fingerprint density at radius 2 is 1.51 bits per heavy atom. The number of fused-ring (bicyclic) bond motifs is 1. The van der Waals surface area contributed by atoms with E-state index >= 15 is 0 Å². The molecule has 0 aliphatic carbocycles. The fourth-order valence-electron chi connectivity index (χ4n) is 4.64. The summed E-state index contributed by atoms with van der Waals surface area (Å²) in [5.74, 6) is -5.23. The standard InChI is InChI=1S/C29H39N9O8S/c1-47-7-6-20(26(42)38-23(29(45)46)10-24(31)40)35-27(43)21(8-15-11-33-19-5-3-2-4-17(15)19)37-28(44)22(9-16-12-32-14-34-16)36-25(41)18(30)13-39/h2-5,11-12,14,18,20-23,33,39H,6-10,13,30H2,1H3,(H2,31,40)(H,32,34)(H,35,43)(H,36,41)(H,37,44)(H,38,42)(H,45,46)/t18-,20-,21-,22-,23-/m0/s1. The van der Waals surface area contributed by atoms with E-state index in [0.29, 0.717) is 17.0 Å². The molecule has 0 bridgehead atoms. The second-order valence-corrected chi connectivity index (χ2v) is 11.7. The molecule has 0 fully saturated rings. The summed E-state index contributed by atoms with van der Waals surface area (Å²) in [6.45, 7) is -0.669. The van der Waals surface area contributed by atoms with Crippen molar-refractivity contribution < 1.29 is 39.0 Å². The highest BCUT2D eigenvalue weighted by atomic mass is 32.2. The van der Waals surface area contributed by atoms with Crippen molar-refractivity contribution in [3.05, 3.63) is 54.2 Å². The predicted molar refractivity (Wildman–Crippen MR) is 172 cm³/mol. The molecule has 0 aliphatic rings. The lowest BCUT2D eigenvalue weighted by atomic mass is 10.0. The van der Waals surface area contributed by atoms with Gasteiger partial charge < -0.3 is 52.9 Å². The number of nitrogens with one attached hydrogen (secondary N) is 6. The summed E-state index contributed by atoms with van der Waals surface area (Å²) < 4.78 is 0. The number of hydrogen-bond donors (Lipinski definition) is 10. The van der Waals surface area contributed by atoms with E-state index in [2.05, 4.69) is 36.2 Å².